The van der Waals surface area contributed by atoms with Gasteiger partial charge in [0.05, 0.1) is 6.54 Å². The normalized spacial score (nSPS) is 11.5. The first-order valence-electron chi connectivity index (χ1n) is 6.30. The fraction of sp³-hybridized carbons (Fsp3) is 0.267. The Bertz CT molecular complexity index is 650. The van der Waals surface area contributed by atoms with E-state index in [0.29, 0.717) is 5.92 Å². The highest BCUT2D eigenvalue weighted by Gasteiger charge is 2.20. The Balaban J connectivity index is 2.23. The predicted octanol–water partition coefficient (Wildman–Crippen LogP) is 3.84. The average Bonchev–Trinajstić information content (AvgIpc) is 2.96. The summed E-state index contributed by atoms with van der Waals surface area (Å²) in [6.07, 6.45) is 0. The summed E-state index contributed by atoms with van der Waals surface area (Å²) in [5.41, 5.74) is 2.50. The molecule has 0 amide bonds. The third kappa shape index (κ3) is 1.95. The van der Waals surface area contributed by atoms with Crippen LogP contribution < -0.4 is 4.57 Å². The first kappa shape index (κ1) is 11.5. The van der Waals surface area contributed by atoms with Crippen LogP contribution in [0.2, 0.25) is 0 Å². The standard InChI is InChI=1S/C15H16N2S/c1-11(2)10-17-13-7-4-3-6-12(13)16-15(17)14-8-5-9-18-14/h3-9,11H,10H2,1-2H3/p+1. The zero-order valence-electron chi connectivity index (χ0n) is 10.7. The highest BCUT2D eigenvalue weighted by Crippen LogP contribution is 2.23. The third-order valence-corrected chi connectivity index (χ3v) is 3.90. The molecule has 0 saturated carbocycles. The van der Waals surface area contributed by atoms with Crippen molar-refractivity contribution in [2.24, 2.45) is 5.92 Å². The lowest BCUT2D eigenvalue weighted by atomic mass is 10.2. The summed E-state index contributed by atoms with van der Waals surface area (Å²) in [5.74, 6) is 1.85. The Morgan fingerprint density at radius 2 is 2.00 bits per heavy atom. The van der Waals surface area contributed by atoms with E-state index in [0.717, 1.165) is 6.54 Å². The van der Waals surface area contributed by atoms with E-state index in [1.165, 1.54) is 21.7 Å². The molecule has 0 aliphatic rings. The number of imidazole rings is 1. The molecular formula is C15H17N2S+. The lowest BCUT2D eigenvalue weighted by Crippen LogP contribution is -2.37. The van der Waals surface area contributed by atoms with Crippen LogP contribution in [0, 0.1) is 5.92 Å². The van der Waals surface area contributed by atoms with E-state index in [1.54, 1.807) is 11.3 Å². The third-order valence-electron chi connectivity index (χ3n) is 3.02. The van der Waals surface area contributed by atoms with Crippen LogP contribution in [0.25, 0.3) is 21.7 Å². The summed E-state index contributed by atoms with van der Waals surface area (Å²) in [6, 6.07) is 12.8. The van der Waals surface area contributed by atoms with Crippen molar-refractivity contribution in [2.45, 2.75) is 20.4 Å². The summed E-state index contributed by atoms with van der Waals surface area (Å²) in [6.45, 7) is 5.55. The van der Waals surface area contributed by atoms with Gasteiger partial charge in [0.25, 0.3) is 5.82 Å². The maximum absolute atomic E-state index is 3.55. The average molecular weight is 257 g/mol. The maximum Gasteiger partial charge on any atom is 0.297 e. The molecule has 2 heterocycles. The Kier molecular flexibility index (Phi) is 2.92. The van der Waals surface area contributed by atoms with Gasteiger partial charge in [-0.1, -0.05) is 32.0 Å². The van der Waals surface area contributed by atoms with Gasteiger partial charge in [-0.2, -0.15) is 0 Å². The number of H-pyrrole nitrogens is 1. The number of nitrogens with one attached hydrogen (secondary N) is 1. The minimum absolute atomic E-state index is 0.632. The molecule has 0 radical (unpaired) electrons. The lowest BCUT2D eigenvalue weighted by molar-refractivity contribution is -0.665. The summed E-state index contributed by atoms with van der Waals surface area (Å²) in [4.78, 5) is 4.84. The molecule has 0 aliphatic heterocycles. The molecule has 3 heteroatoms. The van der Waals surface area contributed by atoms with Crippen LogP contribution in [0.3, 0.4) is 0 Å². The first-order valence-corrected chi connectivity index (χ1v) is 7.18. The number of aromatic amines is 1. The van der Waals surface area contributed by atoms with Crippen LogP contribution in [0.4, 0.5) is 0 Å². The van der Waals surface area contributed by atoms with E-state index in [9.17, 15) is 0 Å². The molecule has 2 aromatic heterocycles. The van der Waals surface area contributed by atoms with Crippen molar-refractivity contribution in [3.63, 3.8) is 0 Å². The molecule has 0 atom stereocenters. The minimum atomic E-state index is 0.632. The van der Waals surface area contributed by atoms with Gasteiger partial charge in [-0.3, -0.25) is 0 Å². The van der Waals surface area contributed by atoms with Crippen molar-refractivity contribution in [3.8, 4) is 10.7 Å². The molecule has 0 bridgehead atoms. The second-order valence-electron chi connectivity index (χ2n) is 4.97. The molecule has 2 nitrogen and oxygen atoms in total. The van der Waals surface area contributed by atoms with Crippen LogP contribution in [-0.4, -0.2) is 4.98 Å². The van der Waals surface area contributed by atoms with Crippen LogP contribution in [0.5, 0.6) is 0 Å². The fourth-order valence-electron chi connectivity index (χ4n) is 2.29. The smallest absolute Gasteiger partial charge is 0.236 e. The minimum Gasteiger partial charge on any atom is -0.236 e. The Morgan fingerprint density at radius 1 is 1.17 bits per heavy atom. The van der Waals surface area contributed by atoms with Crippen molar-refractivity contribution in [3.05, 3.63) is 41.8 Å². The number of fused-ring (bicyclic) bond motifs is 1. The van der Waals surface area contributed by atoms with E-state index < -0.39 is 0 Å². The number of hydrogen-bond acceptors (Lipinski definition) is 1. The number of hydrogen-bond donors (Lipinski definition) is 1. The predicted molar refractivity (Wildman–Crippen MR) is 76.6 cm³/mol. The van der Waals surface area contributed by atoms with E-state index >= 15 is 0 Å². The summed E-state index contributed by atoms with van der Waals surface area (Å²) < 4.78 is 2.39. The molecule has 0 unspecified atom stereocenters. The van der Waals surface area contributed by atoms with Crippen LogP contribution in [0.15, 0.2) is 41.8 Å². The van der Waals surface area contributed by atoms with E-state index in [1.807, 2.05) is 0 Å². The molecule has 0 spiro atoms. The van der Waals surface area contributed by atoms with Gasteiger partial charge >= 0.3 is 0 Å². The molecule has 0 fully saturated rings. The van der Waals surface area contributed by atoms with Crippen molar-refractivity contribution < 1.29 is 4.57 Å². The highest BCUT2D eigenvalue weighted by molar-refractivity contribution is 7.13. The van der Waals surface area contributed by atoms with Gasteiger partial charge in [0.2, 0.25) is 0 Å². The second-order valence-corrected chi connectivity index (χ2v) is 5.92. The molecule has 18 heavy (non-hydrogen) atoms. The van der Waals surface area contributed by atoms with Crippen LogP contribution in [-0.2, 0) is 6.54 Å². The monoisotopic (exact) mass is 257 g/mol. The zero-order chi connectivity index (χ0) is 12.5. The topological polar surface area (TPSA) is 19.7 Å². The van der Waals surface area contributed by atoms with E-state index in [-0.39, 0.29) is 0 Å². The maximum atomic E-state index is 3.55. The highest BCUT2D eigenvalue weighted by atomic mass is 32.1. The molecule has 0 saturated heterocycles. The van der Waals surface area contributed by atoms with Gasteiger partial charge in [-0.25, -0.2) is 9.55 Å². The zero-order valence-corrected chi connectivity index (χ0v) is 11.5. The SMILES string of the molecule is CC(C)C[n+]1c(-c2cccs2)[nH]c2ccccc21. The summed E-state index contributed by atoms with van der Waals surface area (Å²) >= 11 is 1.78. The molecule has 1 N–H and O–H groups in total. The van der Waals surface area contributed by atoms with Gasteiger partial charge in [-0.05, 0) is 29.5 Å². The van der Waals surface area contributed by atoms with Crippen molar-refractivity contribution in [1.82, 2.24) is 4.98 Å². The summed E-state index contributed by atoms with van der Waals surface area (Å²) in [7, 11) is 0. The molecule has 3 aromatic rings. The fourth-order valence-corrected chi connectivity index (χ4v) is 3.03. The molecule has 0 aliphatic carbocycles. The molecule has 3 rings (SSSR count). The number of nitrogens with zero attached hydrogens (tertiary/aromatic N) is 1. The lowest BCUT2D eigenvalue weighted by Gasteiger charge is -2.03. The van der Waals surface area contributed by atoms with Crippen LogP contribution in [0.1, 0.15) is 13.8 Å². The Hall–Kier alpha value is -1.61. The van der Waals surface area contributed by atoms with Gasteiger partial charge < -0.3 is 0 Å². The van der Waals surface area contributed by atoms with Crippen molar-refractivity contribution in [1.29, 1.82) is 0 Å². The number of rotatable bonds is 3. The first-order chi connectivity index (χ1) is 8.75. The molecule has 1 aromatic carbocycles. The molecular weight excluding hydrogens is 240 g/mol. The number of para-hydroxylation sites is 2. The number of thiophene rings is 1. The Morgan fingerprint density at radius 3 is 2.72 bits per heavy atom. The number of benzene rings is 1. The molecule has 92 valence electrons. The van der Waals surface area contributed by atoms with Crippen LogP contribution >= 0.6 is 11.3 Å². The van der Waals surface area contributed by atoms with E-state index in [2.05, 4.69) is 65.2 Å². The number of aromatic nitrogens is 2. The van der Waals surface area contributed by atoms with Gasteiger partial charge in [0.15, 0.2) is 11.0 Å². The summed E-state index contributed by atoms with van der Waals surface area (Å²) in [5, 5.41) is 2.13. The van der Waals surface area contributed by atoms with Crippen molar-refractivity contribution >= 4 is 22.4 Å². The van der Waals surface area contributed by atoms with E-state index in [4.69, 9.17) is 0 Å². The quantitative estimate of drug-likeness (QED) is 0.688. The van der Waals surface area contributed by atoms with Gasteiger partial charge in [0.1, 0.15) is 4.88 Å². The largest absolute Gasteiger partial charge is 0.297 e. The van der Waals surface area contributed by atoms with Gasteiger partial charge in [0, 0.05) is 0 Å². The Labute approximate surface area is 111 Å². The van der Waals surface area contributed by atoms with Crippen molar-refractivity contribution in [2.75, 3.05) is 0 Å². The second kappa shape index (κ2) is 4.58. The van der Waals surface area contributed by atoms with Gasteiger partial charge in [-0.15, -0.1) is 11.3 Å².